The third kappa shape index (κ3) is 3.03. The lowest BCUT2D eigenvalue weighted by atomic mass is 10.1. The molecule has 1 fully saturated rings. The van der Waals surface area contributed by atoms with Crippen molar-refractivity contribution >= 4 is 5.91 Å². The summed E-state index contributed by atoms with van der Waals surface area (Å²) in [7, 11) is 0. The van der Waals surface area contributed by atoms with Gasteiger partial charge >= 0.3 is 0 Å². The fourth-order valence-electron chi connectivity index (χ4n) is 2.86. The first kappa shape index (κ1) is 14.8. The quantitative estimate of drug-likeness (QED) is 0.904. The first-order valence-electron chi connectivity index (χ1n) is 7.67. The molecule has 2 aromatic carbocycles. The number of benzene rings is 2. The topological polar surface area (TPSA) is 29.1 Å². The van der Waals surface area contributed by atoms with Gasteiger partial charge in [0.25, 0.3) is 0 Å². The van der Waals surface area contributed by atoms with E-state index in [0.29, 0.717) is 5.56 Å². The smallest absolute Gasteiger partial charge is 0.224 e. The highest BCUT2D eigenvalue weighted by Crippen LogP contribution is 2.48. The van der Waals surface area contributed by atoms with Crippen LogP contribution in [0, 0.1) is 18.7 Å². The molecular formula is C19H20FNO. The second kappa shape index (κ2) is 5.91. The lowest BCUT2D eigenvalue weighted by Crippen LogP contribution is -2.28. The highest BCUT2D eigenvalue weighted by molar-refractivity contribution is 5.83. The van der Waals surface area contributed by atoms with Gasteiger partial charge in [0, 0.05) is 5.92 Å². The van der Waals surface area contributed by atoms with Crippen molar-refractivity contribution in [1.29, 1.82) is 0 Å². The zero-order valence-corrected chi connectivity index (χ0v) is 12.8. The maximum Gasteiger partial charge on any atom is 0.224 e. The maximum absolute atomic E-state index is 13.8. The zero-order chi connectivity index (χ0) is 15.7. The summed E-state index contributed by atoms with van der Waals surface area (Å²) in [5.41, 5.74) is 2.94. The molecule has 0 heterocycles. The predicted molar refractivity (Wildman–Crippen MR) is 85.0 cm³/mol. The fraction of sp³-hybridized carbons (Fsp3) is 0.316. The number of hydrogen-bond donors (Lipinski definition) is 1. The van der Waals surface area contributed by atoms with Crippen LogP contribution in [0.2, 0.25) is 0 Å². The minimum absolute atomic E-state index is 0.0151. The fourth-order valence-corrected chi connectivity index (χ4v) is 2.86. The SMILES string of the molecule is Cc1ccc(C(C)NC(=O)C2CC2c2ccccc2F)cc1. The van der Waals surface area contributed by atoms with Crippen molar-refractivity contribution in [3.63, 3.8) is 0 Å². The lowest BCUT2D eigenvalue weighted by molar-refractivity contribution is -0.123. The molecule has 2 nitrogen and oxygen atoms in total. The normalized spacial score (nSPS) is 21.2. The Morgan fingerprint density at radius 3 is 2.55 bits per heavy atom. The molecule has 114 valence electrons. The third-order valence-electron chi connectivity index (χ3n) is 4.37. The van der Waals surface area contributed by atoms with E-state index in [1.54, 1.807) is 12.1 Å². The number of nitrogens with one attached hydrogen (secondary N) is 1. The summed E-state index contributed by atoms with van der Waals surface area (Å²) in [5, 5.41) is 3.04. The number of rotatable bonds is 4. The summed E-state index contributed by atoms with van der Waals surface area (Å²) >= 11 is 0. The van der Waals surface area contributed by atoms with E-state index >= 15 is 0 Å². The molecule has 22 heavy (non-hydrogen) atoms. The van der Waals surface area contributed by atoms with Gasteiger partial charge in [-0.05, 0) is 43.4 Å². The molecule has 0 aliphatic heterocycles. The molecule has 1 aliphatic carbocycles. The van der Waals surface area contributed by atoms with Crippen LogP contribution in [0.3, 0.4) is 0 Å². The van der Waals surface area contributed by atoms with Gasteiger partial charge in [0.15, 0.2) is 0 Å². The van der Waals surface area contributed by atoms with Gasteiger partial charge in [-0.2, -0.15) is 0 Å². The molecule has 0 radical (unpaired) electrons. The molecule has 0 spiro atoms. The minimum atomic E-state index is -0.214. The van der Waals surface area contributed by atoms with E-state index < -0.39 is 0 Å². The maximum atomic E-state index is 13.8. The van der Waals surface area contributed by atoms with E-state index in [4.69, 9.17) is 0 Å². The Bertz CT molecular complexity index is 680. The van der Waals surface area contributed by atoms with Crippen molar-refractivity contribution in [1.82, 2.24) is 5.32 Å². The van der Waals surface area contributed by atoms with Crippen LogP contribution >= 0.6 is 0 Å². The highest BCUT2D eigenvalue weighted by Gasteiger charge is 2.45. The van der Waals surface area contributed by atoms with E-state index in [1.165, 1.54) is 11.6 Å². The van der Waals surface area contributed by atoms with Gasteiger partial charge in [-0.25, -0.2) is 4.39 Å². The van der Waals surface area contributed by atoms with E-state index in [1.807, 2.05) is 44.2 Å². The Labute approximate surface area is 130 Å². The second-order valence-electron chi connectivity index (χ2n) is 6.11. The molecule has 1 aliphatic rings. The number of carbonyl (C=O) groups excluding carboxylic acids is 1. The molecule has 0 aromatic heterocycles. The summed E-state index contributed by atoms with van der Waals surface area (Å²) in [6, 6.07) is 14.8. The van der Waals surface area contributed by atoms with E-state index in [2.05, 4.69) is 5.32 Å². The number of amides is 1. The van der Waals surface area contributed by atoms with Gasteiger partial charge in [-0.15, -0.1) is 0 Å². The Hall–Kier alpha value is -2.16. The van der Waals surface area contributed by atoms with E-state index in [9.17, 15) is 9.18 Å². The van der Waals surface area contributed by atoms with Crippen molar-refractivity contribution in [3.8, 4) is 0 Å². The van der Waals surface area contributed by atoms with Gasteiger partial charge in [-0.1, -0.05) is 48.0 Å². The second-order valence-corrected chi connectivity index (χ2v) is 6.11. The van der Waals surface area contributed by atoms with Crippen molar-refractivity contribution in [2.75, 3.05) is 0 Å². The molecule has 3 unspecified atom stereocenters. The van der Waals surface area contributed by atoms with Gasteiger partial charge in [-0.3, -0.25) is 4.79 Å². The Morgan fingerprint density at radius 1 is 1.18 bits per heavy atom. The number of carbonyl (C=O) groups is 1. The van der Waals surface area contributed by atoms with Gasteiger partial charge in [0.1, 0.15) is 5.82 Å². The molecular weight excluding hydrogens is 277 g/mol. The van der Waals surface area contributed by atoms with Crippen molar-refractivity contribution in [2.24, 2.45) is 5.92 Å². The lowest BCUT2D eigenvalue weighted by Gasteiger charge is -2.14. The van der Waals surface area contributed by atoms with Crippen molar-refractivity contribution in [3.05, 3.63) is 71.0 Å². The number of halogens is 1. The molecule has 1 amide bonds. The molecule has 0 saturated heterocycles. The van der Waals surface area contributed by atoms with Crippen molar-refractivity contribution < 1.29 is 9.18 Å². The van der Waals surface area contributed by atoms with Crippen LogP contribution < -0.4 is 5.32 Å². The molecule has 0 bridgehead atoms. The molecule has 3 atom stereocenters. The Balaban J connectivity index is 1.62. The minimum Gasteiger partial charge on any atom is -0.349 e. The standard InChI is InChI=1S/C19H20FNO/c1-12-7-9-14(10-8-12)13(2)21-19(22)17-11-16(17)15-5-3-4-6-18(15)20/h3-10,13,16-17H,11H2,1-2H3,(H,21,22). The monoisotopic (exact) mass is 297 g/mol. The number of aryl methyl sites for hydroxylation is 1. The van der Waals surface area contributed by atoms with Crippen molar-refractivity contribution in [2.45, 2.75) is 32.2 Å². The summed E-state index contributed by atoms with van der Waals surface area (Å²) in [6.45, 7) is 4.01. The predicted octanol–water partition coefficient (Wildman–Crippen LogP) is 4.12. The molecule has 1 saturated carbocycles. The highest BCUT2D eigenvalue weighted by atomic mass is 19.1. The van der Waals surface area contributed by atoms with Gasteiger partial charge in [0.05, 0.1) is 6.04 Å². The number of hydrogen-bond acceptors (Lipinski definition) is 1. The van der Waals surface area contributed by atoms with E-state index in [-0.39, 0.29) is 29.6 Å². The largest absolute Gasteiger partial charge is 0.349 e. The Kier molecular flexibility index (Phi) is 3.97. The molecule has 2 aromatic rings. The summed E-state index contributed by atoms with van der Waals surface area (Å²) in [4.78, 5) is 12.3. The van der Waals surface area contributed by atoms with Crippen LogP contribution in [-0.2, 0) is 4.79 Å². The molecule has 1 N–H and O–H groups in total. The summed E-state index contributed by atoms with van der Waals surface area (Å²) in [5.74, 6) is -0.285. The summed E-state index contributed by atoms with van der Waals surface area (Å²) < 4.78 is 13.8. The van der Waals surface area contributed by atoms with Gasteiger partial charge < -0.3 is 5.32 Å². The van der Waals surface area contributed by atoms with Crippen LogP contribution in [0.4, 0.5) is 4.39 Å². The van der Waals surface area contributed by atoms with Gasteiger partial charge in [0.2, 0.25) is 5.91 Å². The average Bonchev–Trinajstić information content (AvgIpc) is 3.28. The Morgan fingerprint density at radius 2 is 1.86 bits per heavy atom. The van der Waals surface area contributed by atoms with Crippen LogP contribution in [-0.4, -0.2) is 5.91 Å². The molecule has 3 heteroatoms. The third-order valence-corrected chi connectivity index (χ3v) is 4.37. The average molecular weight is 297 g/mol. The van der Waals surface area contributed by atoms with Crippen LogP contribution in [0.5, 0.6) is 0 Å². The van der Waals surface area contributed by atoms with Crippen LogP contribution in [0.1, 0.15) is 42.0 Å². The first-order valence-corrected chi connectivity index (χ1v) is 7.67. The first-order chi connectivity index (χ1) is 10.6. The molecule has 3 rings (SSSR count). The summed E-state index contributed by atoms with van der Waals surface area (Å²) in [6.07, 6.45) is 0.730. The van der Waals surface area contributed by atoms with Crippen LogP contribution in [0.25, 0.3) is 0 Å². The zero-order valence-electron chi connectivity index (χ0n) is 12.8. The van der Waals surface area contributed by atoms with E-state index in [0.717, 1.165) is 12.0 Å². The van der Waals surface area contributed by atoms with Crippen LogP contribution in [0.15, 0.2) is 48.5 Å².